The lowest BCUT2D eigenvalue weighted by molar-refractivity contribution is -0.140. The highest BCUT2D eigenvalue weighted by molar-refractivity contribution is 6.33. The van der Waals surface area contributed by atoms with Crippen molar-refractivity contribution >= 4 is 23.4 Å². The summed E-state index contributed by atoms with van der Waals surface area (Å²) in [6.45, 7) is 1.91. The molecule has 1 aromatic heterocycles. The second kappa shape index (κ2) is 5.51. The van der Waals surface area contributed by atoms with Crippen LogP contribution in [0.3, 0.4) is 0 Å². The van der Waals surface area contributed by atoms with Gasteiger partial charge in [-0.1, -0.05) is 18.5 Å². The first-order chi connectivity index (χ1) is 7.95. The Morgan fingerprint density at radius 3 is 2.88 bits per heavy atom. The van der Waals surface area contributed by atoms with Crippen molar-refractivity contribution in [3.63, 3.8) is 0 Å². The van der Waals surface area contributed by atoms with E-state index in [2.05, 4.69) is 4.98 Å². The number of nitrogens with zero attached hydrogens (tertiary/aromatic N) is 3. The highest BCUT2D eigenvalue weighted by Gasteiger charge is 2.16. The number of carboxylic acids is 1. The molecule has 1 unspecified atom stereocenters. The minimum atomic E-state index is -0.874. The van der Waals surface area contributed by atoms with Crippen LogP contribution in [0, 0.1) is 17.2 Å². The molecule has 0 aliphatic rings. The third-order valence-electron chi connectivity index (χ3n) is 2.28. The van der Waals surface area contributed by atoms with Gasteiger partial charge in [0, 0.05) is 19.8 Å². The molecule has 6 heteroatoms. The highest BCUT2D eigenvalue weighted by atomic mass is 35.5. The van der Waals surface area contributed by atoms with Crippen LogP contribution in [0.15, 0.2) is 12.3 Å². The summed E-state index contributed by atoms with van der Waals surface area (Å²) in [5.74, 6) is -0.922. The van der Waals surface area contributed by atoms with Gasteiger partial charge in [-0.05, 0) is 6.07 Å². The van der Waals surface area contributed by atoms with E-state index < -0.39 is 11.9 Å². The van der Waals surface area contributed by atoms with Crippen molar-refractivity contribution in [2.24, 2.45) is 5.92 Å². The molecule has 90 valence electrons. The first kappa shape index (κ1) is 13.3. The number of hydrogen-bond donors (Lipinski definition) is 1. The van der Waals surface area contributed by atoms with Crippen LogP contribution in [-0.2, 0) is 4.79 Å². The number of aromatic nitrogens is 1. The normalized spacial score (nSPS) is 11.6. The van der Waals surface area contributed by atoms with Gasteiger partial charge >= 0.3 is 5.97 Å². The Balaban J connectivity index is 2.86. The van der Waals surface area contributed by atoms with Crippen molar-refractivity contribution in [3.8, 4) is 6.07 Å². The van der Waals surface area contributed by atoms with Gasteiger partial charge in [-0.3, -0.25) is 4.79 Å². The molecular formula is C11H12ClN3O2. The molecule has 0 bridgehead atoms. The smallest absolute Gasteiger partial charge is 0.308 e. The highest BCUT2D eigenvalue weighted by Crippen LogP contribution is 2.23. The minimum Gasteiger partial charge on any atom is -0.481 e. The topological polar surface area (TPSA) is 77.2 Å². The maximum absolute atomic E-state index is 10.7. The number of aliphatic carboxylic acids is 1. The van der Waals surface area contributed by atoms with E-state index in [4.69, 9.17) is 22.0 Å². The van der Waals surface area contributed by atoms with Crippen molar-refractivity contribution in [2.45, 2.75) is 6.92 Å². The molecule has 0 amide bonds. The van der Waals surface area contributed by atoms with Crippen LogP contribution in [-0.4, -0.2) is 29.7 Å². The molecule has 1 aromatic rings. The van der Waals surface area contributed by atoms with E-state index in [1.165, 1.54) is 12.3 Å². The van der Waals surface area contributed by atoms with Gasteiger partial charge in [0.1, 0.15) is 11.9 Å². The molecular weight excluding hydrogens is 242 g/mol. The number of hydrogen-bond acceptors (Lipinski definition) is 4. The second-order valence-electron chi connectivity index (χ2n) is 3.76. The fourth-order valence-electron chi connectivity index (χ4n) is 1.35. The van der Waals surface area contributed by atoms with E-state index in [1.54, 1.807) is 18.9 Å². The van der Waals surface area contributed by atoms with Gasteiger partial charge in [-0.2, -0.15) is 5.26 Å². The van der Waals surface area contributed by atoms with Crippen molar-refractivity contribution < 1.29 is 9.90 Å². The Morgan fingerprint density at radius 2 is 2.41 bits per heavy atom. The first-order valence-electron chi connectivity index (χ1n) is 4.95. The number of carboxylic acid groups (broad SMARTS) is 1. The summed E-state index contributed by atoms with van der Waals surface area (Å²) in [5, 5.41) is 17.8. The van der Waals surface area contributed by atoms with Crippen LogP contribution in [0.4, 0.5) is 5.82 Å². The zero-order valence-electron chi connectivity index (χ0n) is 9.51. The Bertz CT molecular complexity index is 470. The predicted octanol–water partition coefficient (Wildman–Crippen LogP) is 1.76. The second-order valence-corrected chi connectivity index (χ2v) is 4.17. The van der Waals surface area contributed by atoms with Gasteiger partial charge in [0.2, 0.25) is 0 Å². The molecule has 1 heterocycles. The number of nitriles is 1. The first-order valence-corrected chi connectivity index (χ1v) is 5.33. The van der Waals surface area contributed by atoms with Gasteiger partial charge in [-0.15, -0.1) is 0 Å². The van der Waals surface area contributed by atoms with Crippen LogP contribution in [0.1, 0.15) is 12.5 Å². The Labute approximate surface area is 104 Å². The third-order valence-corrected chi connectivity index (χ3v) is 2.56. The van der Waals surface area contributed by atoms with E-state index >= 15 is 0 Å². The van der Waals surface area contributed by atoms with E-state index in [1.807, 2.05) is 6.07 Å². The minimum absolute atomic E-state index is 0.300. The molecule has 0 aromatic carbocycles. The standard InChI is InChI=1S/C11H12ClN3O2/c1-7(11(16)17)6-15(2)10-9(12)3-8(4-13)5-14-10/h3,5,7H,6H2,1-2H3,(H,16,17). The fourth-order valence-corrected chi connectivity index (χ4v) is 1.66. The third kappa shape index (κ3) is 3.33. The predicted molar refractivity (Wildman–Crippen MR) is 64.0 cm³/mol. The van der Waals surface area contributed by atoms with E-state index in [-0.39, 0.29) is 0 Å². The average Bonchev–Trinajstić information content (AvgIpc) is 2.28. The molecule has 0 saturated heterocycles. The largest absolute Gasteiger partial charge is 0.481 e. The molecule has 5 nitrogen and oxygen atoms in total. The Hall–Kier alpha value is -1.80. The number of anilines is 1. The Morgan fingerprint density at radius 1 is 1.76 bits per heavy atom. The quantitative estimate of drug-likeness (QED) is 0.885. The molecule has 1 atom stereocenters. The molecule has 0 saturated carbocycles. The van der Waals surface area contributed by atoms with Crippen LogP contribution in [0.25, 0.3) is 0 Å². The van der Waals surface area contributed by atoms with E-state index in [0.29, 0.717) is 22.9 Å². The van der Waals surface area contributed by atoms with Gasteiger partial charge in [-0.25, -0.2) is 4.98 Å². The average molecular weight is 254 g/mol. The molecule has 1 N–H and O–H groups in total. The van der Waals surface area contributed by atoms with Gasteiger partial charge in [0.05, 0.1) is 16.5 Å². The fraction of sp³-hybridized carbons (Fsp3) is 0.364. The lowest BCUT2D eigenvalue weighted by Crippen LogP contribution is -2.29. The maximum Gasteiger partial charge on any atom is 0.308 e. The van der Waals surface area contributed by atoms with E-state index in [0.717, 1.165) is 0 Å². The van der Waals surface area contributed by atoms with Crippen molar-refractivity contribution in [1.29, 1.82) is 5.26 Å². The monoisotopic (exact) mass is 253 g/mol. The number of pyridine rings is 1. The molecule has 1 rings (SSSR count). The van der Waals surface area contributed by atoms with Crippen LogP contribution in [0.5, 0.6) is 0 Å². The summed E-state index contributed by atoms with van der Waals surface area (Å²) in [5.41, 5.74) is 0.374. The zero-order valence-corrected chi connectivity index (χ0v) is 10.3. The molecule has 17 heavy (non-hydrogen) atoms. The van der Waals surface area contributed by atoms with Crippen LogP contribution in [0.2, 0.25) is 5.02 Å². The summed E-state index contributed by atoms with van der Waals surface area (Å²) in [6, 6.07) is 3.44. The summed E-state index contributed by atoms with van der Waals surface area (Å²) >= 11 is 5.96. The summed E-state index contributed by atoms with van der Waals surface area (Å²) < 4.78 is 0. The molecule has 0 aliphatic heterocycles. The summed E-state index contributed by atoms with van der Waals surface area (Å²) in [7, 11) is 1.71. The van der Waals surface area contributed by atoms with Gasteiger partial charge in [0.25, 0.3) is 0 Å². The zero-order chi connectivity index (χ0) is 13.0. The molecule has 0 aliphatic carbocycles. The number of carbonyl (C=O) groups is 1. The lowest BCUT2D eigenvalue weighted by atomic mass is 10.2. The summed E-state index contributed by atoms with van der Waals surface area (Å²) in [4.78, 5) is 16.4. The summed E-state index contributed by atoms with van der Waals surface area (Å²) in [6.07, 6.45) is 1.41. The van der Waals surface area contributed by atoms with E-state index in [9.17, 15) is 4.79 Å². The molecule has 0 fully saturated rings. The van der Waals surface area contributed by atoms with Gasteiger partial charge < -0.3 is 10.0 Å². The van der Waals surface area contributed by atoms with Crippen LogP contribution < -0.4 is 4.90 Å². The lowest BCUT2D eigenvalue weighted by Gasteiger charge is -2.21. The van der Waals surface area contributed by atoms with Crippen LogP contribution >= 0.6 is 11.6 Å². The number of halogens is 1. The van der Waals surface area contributed by atoms with Crippen molar-refractivity contribution in [3.05, 3.63) is 22.8 Å². The maximum atomic E-state index is 10.7. The number of rotatable bonds is 4. The molecule has 0 radical (unpaired) electrons. The Kier molecular flexibility index (Phi) is 4.30. The van der Waals surface area contributed by atoms with Crippen molar-refractivity contribution in [2.75, 3.05) is 18.5 Å². The molecule has 0 spiro atoms. The SMILES string of the molecule is CC(CN(C)c1ncc(C#N)cc1Cl)C(=O)O. The van der Waals surface area contributed by atoms with Crippen molar-refractivity contribution in [1.82, 2.24) is 4.98 Å². The van der Waals surface area contributed by atoms with Gasteiger partial charge in [0.15, 0.2) is 0 Å².